The first-order chi connectivity index (χ1) is 4.06. The van der Waals surface area contributed by atoms with E-state index in [4.69, 9.17) is 4.84 Å². The van der Waals surface area contributed by atoms with Crippen LogP contribution >= 0.6 is 0 Å². The molecule has 0 aliphatic carbocycles. The Morgan fingerprint density at radius 3 is 2.44 bits per heavy atom. The van der Waals surface area contributed by atoms with Crippen molar-refractivity contribution in [2.75, 3.05) is 6.61 Å². The number of hydroxylamine groups is 1. The highest BCUT2D eigenvalue weighted by atomic mass is 16.6. The van der Waals surface area contributed by atoms with Crippen molar-refractivity contribution in [3.05, 3.63) is 12.8 Å². The molecule has 0 aliphatic heterocycles. The molecule has 0 aromatic heterocycles. The Morgan fingerprint density at radius 1 is 1.56 bits per heavy atom. The van der Waals surface area contributed by atoms with Gasteiger partial charge in [-0.3, -0.25) is 10.3 Å². The average molecular weight is 129 g/mol. The molecule has 0 unspecified atom stereocenters. The van der Waals surface area contributed by atoms with Crippen molar-refractivity contribution >= 4 is 0 Å². The van der Waals surface area contributed by atoms with Crippen LogP contribution in [0.1, 0.15) is 20.8 Å². The molecule has 2 heteroatoms. The Morgan fingerprint density at radius 2 is 2.11 bits per heavy atom. The second-order valence-electron chi connectivity index (χ2n) is 3.17. The smallest absolute Gasteiger partial charge is 0.0794 e. The van der Waals surface area contributed by atoms with Gasteiger partial charge in [-0.1, -0.05) is 27.4 Å². The Kier molecular flexibility index (Phi) is 3.32. The summed E-state index contributed by atoms with van der Waals surface area (Å²) in [6.45, 7) is 10.5. The molecule has 0 aromatic rings. The summed E-state index contributed by atoms with van der Waals surface area (Å²) in [4.78, 5) is 4.98. The lowest BCUT2D eigenvalue weighted by atomic mass is 9.99. The van der Waals surface area contributed by atoms with Gasteiger partial charge in [0.05, 0.1) is 6.61 Å². The number of rotatable bonds is 3. The fourth-order valence-electron chi connectivity index (χ4n) is 0.317. The molecule has 0 saturated carbocycles. The zero-order valence-electron chi connectivity index (χ0n) is 6.40. The molecule has 0 radical (unpaired) electrons. The van der Waals surface area contributed by atoms with Gasteiger partial charge in [0.15, 0.2) is 0 Å². The van der Waals surface area contributed by atoms with Crippen LogP contribution in [0.25, 0.3) is 0 Å². The number of nitrogens with one attached hydrogen (secondary N) is 1. The van der Waals surface area contributed by atoms with E-state index in [0.717, 1.165) is 0 Å². The van der Waals surface area contributed by atoms with Gasteiger partial charge in [0.2, 0.25) is 0 Å². The van der Waals surface area contributed by atoms with Crippen LogP contribution < -0.4 is 5.48 Å². The Balaban J connectivity index is 3.17. The zero-order chi connectivity index (χ0) is 7.33. The lowest BCUT2D eigenvalue weighted by Gasteiger charge is -2.16. The van der Waals surface area contributed by atoms with Gasteiger partial charge in [0.25, 0.3) is 0 Å². The van der Waals surface area contributed by atoms with E-state index in [0.29, 0.717) is 6.61 Å². The first-order valence-corrected chi connectivity index (χ1v) is 3.04. The monoisotopic (exact) mass is 129 g/mol. The Bertz CT molecular complexity index is 83.4. The predicted octanol–water partition coefficient (Wildman–Crippen LogP) is 1.70. The minimum Gasteiger partial charge on any atom is -0.276 e. The lowest BCUT2D eigenvalue weighted by Crippen LogP contribution is -2.19. The minimum absolute atomic E-state index is 0.218. The van der Waals surface area contributed by atoms with Crippen molar-refractivity contribution in [2.45, 2.75) is 20.8 Å². The second kappa shape index (κ2) is 3.51. The van der Waals surface area contributed by atoms with Gasteiger partial charge in [-0.05, 0) is 5.41 Å². The van der Waals surface area contributed by atoms with Crippen LogP contribution in [0, 0.1) is 5.41 Å². The maximum Gasteiger partial charge on any atom is 0.0794 e. The van der Waals surface area contributed by atoms with Crippen molar-refractivity contribution in [2.24, 2.45) is 5.41 Å². The molecule has 0 aromatic carbocycles. The molecule has 1 N–H and O–H groups in total. The minimum atomic E-state index is 0.218. The fraction of sp³-hybridized carbons (Fsp3) is 0.714. The van der Waals surface area contributed by atoms with E-state index in [9.17, 15) is 0 Å². The van der Waals surface area contributed by atoms with Crippen molar-refractivity contribution in [1.29, 1.82) is 0 Å². The number of hydrogen-bond donors (Lipinski definition) is 1. The highest BCUT2D eigenvalue weighted by molar-refractivity contribution is 4.60. The molecule has 0 rings (SSSR count). The normalized spacial score (nSPS) is 11.0. The summed E-state index contributed by atoms with van der Waals surface area (Å²) in [6.07, 6.45) is 1.52. The first-order valence-electron chi connectivity index (χ1n) is 3.04. The van der Waals surface area contributed by atoms with Crippen LogP contribution in [0.5, 0.6) is 0 Å². The Hall–Kier alpha value is -0.500. The summed E-state index contributed by atoms with van der Waals surface area (Å²) in [6, 6.07) is 0. The van der Waals surface area contributed by atoms with E-state index in [1.165, 1.54) is 6.20 Å². The zero-order valence-corrected chi connectivity index (χ0v) is 6.40. The summed E-state index contributed by atoms with van der Waals surface area (Å²) in [5.74, 6) is 0. The van der Waals surface area contributed by atoms with E-state index in [2.05, 4.69) is 32.8 Å². The van der Waals surface area contributed by atoms with Gasteiger partial charge >= 0.3 is 0 Å². The summed E-state index contributed by atoms with van der Waals surface area (Å²) in [7, 11) is 0. The molecule has 2 nitrogen and oxygen atoms in total. The molecule has 0 amide bonds. The molecule has 0 heterocycles. The van der Waals surface area contributed by atoms with Crippen LogP contribution in [0.15, 0.2) is 12.8 Å². The highest BCUT2D eigenvalue weighted by Gasteiger charge is 2.08. The quantitative estimate of drug-likeness (QED) is 0.462. The van der Waals surface area contributed by atoms with Gasteiger partial charge in [-0.2, -0.15) is 0 Å². The van der Waals surface area contributed by atoms with Crippen LogP contribution in [0.2, 0.25) is 0 Å². The second-order valence-corrected chi connectivity index (χ2v) is 3.17. The van der Waals surface area contributed by atoms with Crippen molar-refractivity contribution < 1.29 is 4.84 Å². The van der Waals surface area contributed by atoms with Crippen molar-refractivity contribution in [3.8, 4) is 0 Å². The summed E-state index contributed by atoms with van der Waals surface area (Å²) in [5.41, 5.74) is 2.79. The van der Waals surface area contributed by atoms with Gasteiger partial charge in [-0.25, -0.2) is 0 Å². The maximum atomic E-state index is 4.98. The van der Waals surface area contributed by atoms with Gasteiger partial charge in [0, 0.05) is 6.20 Å². The average Bonchev–Trinajstić information content (AvgIpc) is 1.63. The van der Waals surface area contributed by atoms with E-state index in [1.807, 2.05) is 0 Å². The molecule has 0 fully saturated rings. The largest absolute Gasteiger partial charge is 0.276 e. The van der Waals surface area contributed by atoms with E-state index in [1.54, 1.807) is 0 Å². The van der Waals surface area contributed by atoms with Gasteiger partial charge in [0.1, 0.15) is 0 Å². The SMILES string of the molecule is C=CNOCC(C)(C)C. The van der Waals surface area contributed by atoms with E-state index < -0.39 is 0 Å². The topological polar surface area (TPSA) is 21.3 Å². The van der Waals surface area contributed by atoms with Gasteiger partial charge in [-0.15, -0.1) is 0 Å². The molecular weight excluding hydrogens is 114 g/mol. The Labute approximate surface area is 56.9 Å². The van der Waals surface area contributed by atoms with Crippen molar-refractivity contribution in [1.82, 2.24) is 5.48 Å². The third-order valence-corrected chi connectivity index (χ3v) is 0.672. The standard InChI is InChI=1S/C7H15NO/c1-5-8-9-6-7(2,3)4/h5,8H,1,6H2,2-4H3. The molecule has 54 valence electrons. The first kappa shape index (κ1) is 8.50. The fourth-order valence-corrected chi connectivity index (χ4v) is 0.317. The summed E-state index contributed by atoms with van der Waals surface area (Å²) in [5, 5.41) is 0. The molecule has 9 heavy (non-hydrogen) atoms. The summed E-state index contributed by atoms with van der Waals surface area (Å²) >= 11 is 0. The molecule has 0 bridgehead atoms. The molecular formula is C7H15NO. The highest BCUT2D eigenvalue weighted by Crippen LogP contribution is 2.11. The third-order valence-electron chi connectivity index (χ3n) is 0.672. The summed E-state index contributed by atoms with van der Waals surface area (Å²) < 4.78 is 0. The lowest BCUT2D eigenvalue weighted by molar-refractivity contribution is 0.0209. The molecule has 0 spiro atoms. The molecule has 0 aliphatic rings. The van der Waals surface area contributed by atoms with Crippen molar-refractivity contribution in [3.63, 3.8) is 0 Å². The molecule has 0 saturated heterocycles. The van der Waals surface area contributed by atoms with Gasteiger partial charge < -0.3 is 0 Å². The van der Waals surface area contributed by atoms with E-state index >= 15 is 0 Å². The van der Waals surface area contributed by atoms with Crippen LogP contribution in [0.3, 0.4) is 0 Å². The van der Waals surface area contributed by atoms with E-state index in [-0.39, 0.29) is 5.41 Å². The number of hydrogen-bond acceptors (Lipinski definition) is 2. The third kappa shape index (κ3) is 7.50. The predicted molar refractivity (Wildman–Crippen MR) is 38.7 cm³/mol. The van der Waals surface area contributed by atoms with Crippen LogP contribution in [-0.4, -0.2) is 6.61 Å². The van der Waals surface area contributed by atoms with Crippen LogP contribution in [0.4, 0.5) is 0 Å². The molecule has 0 atom stereocenters. The maximum absolute atomic E-state index is 4.98. The van der Waals surface area contributed by atoms with Crippen LogP contribution in [-0.2, 0) is 4.84 Å².